The zero-order valence-corrected chi connectivity index (χ0v) is 63.9. The number of pyridine rings is 2. The molecular weight excluding hydrogens is 1500 g/mol. The average Bonchev–Trinajstić information content (AvgIpc) is 1.64. The third kappa shape index (κ3) is 27.9. The average molecular weight is 1590 g/mol. The Balaban J connectivity index is 0.809. The van der Waals surface area contributed by atoms with Gasteiger partial charge in [0, 0.05) is 79.1 Å². The van der Waals surface area contributed by atoms with Crippen LogP contribution in [0.15, 0.2) is 102 Å². The van der Waals surface area contributed by atoms with Gasteiger partial charge in [0.05, 0.1) is 59.9 Å². The number of unbranched alkanes of at least 4 members (excludes halogenated alkanes) is 9. The van der Waals surface area contributed by atoms with Gasteiger partial charge in [-0.2, -0.15) is 0 Å². The van der Waals surface area contributed by atoms with Crippen molar-refractivity contribution in [3.63, 3.8) is 0 Å². The number of Topliss-reactive ketones (excluding diaryl/α,β-unsaturated/α-hetero) is 2. The Morgan fingerprint density at radius 2 is 1.31 bits per heavy atom. The highest BCUT2D eigenvalue weighted by atomic mass is 33.1. The van der Waals surface area contributed by atoms with Crippen molar-refractivity contribution in [2.24, 2.45) is 17.6 Å². The van der Waals surface area contributed by atoms with Gasteiger partial charge in [0.2, 0.25) is 29.2 Å². The Morgan fingerprint density at radius 3 is 1.95 bits per heavy atom. The highest BCUT2D eigenvalue weighted by Gasteiger charge is 2.51. The number of benzene rings is 3. The number of carboxylic acid groups (broad SMARTS) is 4. The fourth-order valence-corrected chi connectivity index (χ4v) is 15.2. The molecule has 12 N–H and O–H groups in total. The van der Waals surface area contributed by atoms with Crippen LogP contribution in [0.25, 0.3) is 22.3 Å². The van der Waals surface area contributed by atoms with E-state index in [4.69, 9.17) is 47.0 Å². The van der Waals surface area contributed by atoms with Crippen LogP contribution in [0.2, 0.25) is 0 Å². The number of ketones is 2. The largest absolute Gasteiger partial charge is 0.509 e. The first-order valence-electron chi connectivity index (χ1n) is 36.8. The van der Waals surface area contributed by atoms with E-state index in [1.54, 1.807) is 55.5 Å². The molecule has 7 rings (SSSR count). The molecule has 0 aliphatic carbocycles. The summed E-state index contributed by atoms with van der Waals surface area (Å²) in [6.45, 7) is 1.19. The van der Waals surface area contributed by atoms with Crippen molar-refractivity contribution in [2.75, 3.05) is 31.2 Å². The smallest absolute Gasteiger partial charge is 0.481 e. The van der Waals surface area contributed by atoms with Crippen LogP contribution >= 0.6 is 33.8 Å². The number of nitrogens with two attached hydrogens (primary N) is 1. The van der Waals surface area contributed by atoms with Gasteiger partial charge in [0.15, 0.2) is 22.9 Å². The van der Waals surface area contributed by atoms with Crippen molar-refractivity contribution < 1.29 is 102 Å². The van der Waals surface area contributed by atoms with Gasteiger partial charge < -0.3 is 81.6 Å². The molecule has 2 aliphatic heterocycles. The molecule has 598 valence electrons. The quantitative estimate of drug-likeness (QED) is 0.00360. The van der Waals surface area contributed by atoms with Crippen molar-refractivity contribution in [3.05, 3.63) is 135 Å². The number of para-hydroxylation sites is 1. The minimum absolute atomic E-state index is 0.0671. The third-order valence-electron chi connectivity index (χ3n) is 18.8. The van der Waals surface area contributed by atoms with Crippen LogP contribution in [0.4, 0.5) is 4.79 Å². The summed E-state index contributed by atoms with van der Waals surface area (Å²) < 4.78 is 22.8. The number of ether oxygens (including phenoxy) is 4. The number of hydrogen-bond acceptors (Lipinski definition) is 23. The van der Waals surface area contributed by atoms with Gasteiger partial charge in [-0.05, 0) is 80.1 Å². The summed E-state index contributed by atoms with van der Waals surface area (Å²) in [5, 5.41) is 54.9. The van der Waals surface area contributed by atoms with Crippen LogP contribution < -0.4 is 43.2 Å². The van der Waals surface area contributed by atoms with Gasteiger partial charge in [-0.25, -0.2) is 19.4 Å². The zero-order valence-electron chi connectivity index (χ0n) is 61.5. The van der Waals surface area contributed by atoms with Crippen LogP contribution in [-0.4, -0.2) is 174 Å². The Kier molecular flexibility index (Phi) is 35.7. The molecule has 111 heavy (non-hydrogen) atoms. The summed E-state index contributed by atoms with van der Waals surface area (Å²) in [6, 6.07) is 23.4. The summed E-state index contributed by atoms with van der Waals surface area (Å²) in [6.07, 6.45) is 3.99. The van der Waals surface area contributed by atoms with Crippen molar-refractivity contribution >= 4 is 127 Å². The fraction of sp³-hybridized carbons (Fsp3) is 0.481. The van der Waals surface area contributed by atoms with E-state index in [9.17, 15) is 82.4 Å². The minimum Gasteiger partial charge on any atom is -0.481 e. The monoisotopic (exact) mass is 1590 g/mol. The van der Waals surface area contributed by atoms with Crippen molar-refractivity contribution in [1.29, 1.82) is 0 Å². The predicted octanol–water partition coefficient (Wildman–Crippen LogP) is 6.70. The van der Waals surface area contributed by atoms with Crippen LogP contribution in [0.5, 0.6) is 0 Å². The zero-order chi connectivity index (χ0) is 80.4. The number of carbonyl (C=O) groups excluding carboxylic acids is 9. The van der Waals surface area contributed by atoms with Crippen molar-refractivity contribution in [3.8, 4) is 11.4 Å². The van der Waals surface area contributed by atoms with Gasteiger partial charge in [-0.15, -0.1) is 0 Å². The second-order valence-electron chi connectivity index (χ2n) is 27.0. The molecule has 5 aromatic rings. The molecule has 3 aromatic carbocycles. The Morgan fingerprint density at radius 1 is 0.667 bits per heavy atom. The molecule has 0 unspecified atom stereocenters. The number of rotatable bonds is 51. The van der Waals surface area contributed by atoms with Gasteiger partial charge in [0.1, 0.15) is 25.3 Å². The highest BCUT2D eigenvalue weighted by Crippen LogP contribution is 2.41. The summed E-state index contributed by atoms with van der Waals surface area (Å²) in [4.78, 5) is 185. The summed E-state index contributed by atoms with van der Waals surface area (Å²) in [5.41, 5.74) is 8.00. The fourth-order valence-electron chi connectivity index (χ4n) is 12.8. The number of carbonyl (C=O) groups is 13. The molecule has 0 saturated carbocycles. The van der Waals surface area contributed by atoms with Crippen LogP contribution in [0, 0.1) is 11.8 Å². The van der Waals surface area contributed by atoms with Gasteiger partial charge in [0.25, 0.3) is 12.0 Å². The van der Waals surface area contributed by atoms with E-state index in [-0.39, 0.29) is 124 Å². The number of nitrogens with zero attached hydrogens (tertiary/aromatic N) is 2. The maximum Gasteiger partial charge on any atom is 0.509 e. The molecule has 2 aliphatic rings. The summed E-state index contributed by atoms with van der Waals surface area (Å²) in [7, 11) is 2.07. The minimum atomic E-state index is -2.04. The lowest BCUT2D eigenvalue weighted by Crippen LogP contribution is -2.53. The second kappa shape index (κ2) is 45.1. The number of aromatic nitrogens is 2. The second-order valence-corrected chi connectivity index (χ2v) is 30.0. The number of esters is 1. The van der Waals surface area contributed by atoms with E-state index in [1.165, 1.54) is 4.57 Å². The topological polar surface area (TPSA) is 473 Å². The number of cyclic esters (lactones) is 1. The molecule has 2 aromatic heterocycles. The molecule has 4 heterocycles. The Bertz CT molecular complexity index is 4170. The molecule has 0 saturated heterocycles. The molecule has 4 amide bonds. The first-order valence-corrected chi connectivity index (χ1v) is 39.7. The molecule has 8 atom stereocenters. The number of fused-ring (bicyclic) bond motifs is 5. The Labute approximate surface area is 653 Å². The van der Waals surface area contributed by atoms with Crippen molar-refractivity contribution in [1.82, 2.24) is 41.5 Å². The molecule has 31 nitrogen and oxygen atoms in total. The highest BCUT2D eigenvalue weighted by molar-refractivity contribution is 8.76. The molecular formula is C77H95N9O22S3. The normalized spacial score (nSPS) is 15.1. The molecule has 34 heteroatoms. The lowest BCUT2D eigenvalue weighted by Gasteiger charge is -2.35. The number of thiocarbonyl (C=S) groups is 1. The number of hydrogen-bond donors (Lipinski definition) is 11. The van der Waals surface area contributed by atoms with E-state index in [0.29, 0.717) is 35.4 Å². The van der Waals surface area contributed by atoms with E-state index >= 15 is 0 Å². The SMILES string of the molecule is CC[C@@]1(OC(=O)OCCSSC[C@H](CC(=O)[C@H](CC(=O)O)NC(=O)[C@@H](N)CNC(=O)[C@@H](CC(=O)[C@H](Cc2ccccc2)NC(=O)CCCCCCCCCCCCNC(=O)CC[C@H](NC(=S)N[C@@H](CCC(=O)O)OC=O)C(=O)O)Cc2ccccc2)C(=O)O)C(=O)OCc2c1cc1n(c2=O)Cc2cc3ccccc3nc2-1. The maximum absolute atomic E-state index is 14.4. The first kappa shape index (κ1) is 87.9. The van der Waals surface area contributed by atoms with E-state index in [0.717, 1.165) is 95.9 Å². The standard InChI is InChI=1S/C77H95N9O22S3/c1-2-77(54-40-60-68-51(37-49-25-18-19-26-56(49)82-68)43-86(60)71(98)53(54)44-106-74(77)103)108-76(104)105-33-34-110-111-45-52(72(99)100)39-62(89)59(41-67(94)95)83-70(97)55(78)42-80-69(96)50(35-47-21-13-11-14-22-47)38-61(88)58(36-48-23-15-12-16-24-48)81-64(91)27-17-9-7-5-3-4-6-8-10-20-32-79-63(90)29-28-57(73(101)102)84-75(109)85-65(107-46-87)30-31-66(92)93/h11-16,18-19,21-26,37,40,46,50,52,55,57-59,65H,2-10,17,20,27-36,38-39,41-45,78H2,1H3,(H,79,90)(H,80,96)(H,81,91)(H,83,97)(H,92,93)(H,94,95)(H,99,100)(H,101,102)(H2,84,85,109)/t50-,52+,55+,57+,58+,59+,65-,77+/m1/s1. The number of amides is 4. The van der Waals surface area contributed by atoms with Crippen LogP contribution in [0.1, 0.15) is 157 Å². The van der Waals surface area contributed by atoms with Crippen LogP contribution in [-0.2, 0) is 108 Å². The molecule has 0 fully saturated rings. The lowest BCUT2D eigenvalue weighted by atomic mass is 9.85. The molecule has 0 spiro atoms. The summed E-state index contributed by atoms with van der Waals surface area (Å²) in [5.74, 6) is -12.5. The number of nitrogens with one attached hydrogen (secondary N) is 6. The number of carboxylic acids is 4. The lowest BCUT2D eigenvalue weighted by molar-refractivity contribution is -0.175. The number of aliphatic carboxylic acids is 4. The molecule has 0 bridgehead atoms. The maximum atomic E-state index is 14.4. The molecule has 0 radical (unpaired) electrons. The van der Waals surface area contributed by atoms with Gasteiger partial charge in [-0.1, -0.05) is 159 Å². The summed E-state index contributed by atoms with van der Waals surface area (Å²) >= 11 is 5.10. The van der Waals surface area contributed by atoms with Gasteiger partial charge in [-0.3, -0.25) is 52.7 Å². The van der Waals surface area contributed by atoms with E-state index in [2.05, 4.69) is 31.9 Å². The van der Waals surface area contributed by atoms with Crippen LogP contribution in [0.3, 0.4) is 0 Å². The van der Waals surface area contributed by atoms with Crippen molar-refractivity contribution in [2.45, 2.75) is 191 Å². The van der Waals surface area contributed by atoms with E-state index < -0.39 is 132 Å². The van der Waals surface area contributed by atoms with Gasteiger partial charge >= 0.3 is 36.0 Å². The third-order valence-corrected chi connectivity index (χ3v) is 21.5. The Hall–Kier alpha value is -10.3. The predicted molar refractivity (Wildman–Crippen MR) is 412 cm³/mol. The van der Waals surface area contributed by atoms with E-state index in [1.807, 2.05) is 48.5 Å². The first-order chi connectivity index (χ1) is 53.3.